The van der Waals surface area contributed by atoms with Crippen LogP contribution in [0.4, 0.5) is 0 Å². The van der Waals surface area contributed by atoms with Gasteiger partial charge < -0.3 is 21.1 Å². The molecule has 0 aliphatic rings. The van der Waals surface area contributed by atoms with Gasteiger partial charge in [0.1, 0.15) is 0 Å². The minimum atomic E-state index is 0. The Morgan fingerprint density at radius 2 is 2.36 bits per heavy atom. The van der Waals surface area contributed by atoms with E-state index in [4.69, 9.17) is 7.98 Å². The molecule has 1 rings (SSSR count). The Kier molecular flexibility index (Phi) is 9.51. The summed E-state index contributed by atoms with van der Waals surface area (Å²) < 4.78 is 0. The fraction of sp³-hybridized carbons (Fsp3) is 0.667. The van der Waals surface area contributed by atoms with Gasteiger partial charge >= 0.3 is 0 Å². The predicted octanol–water partition coefficient (Wildman–Crippen LogP) is 1.67. The van der Waals surface area contributed by atoms with Crippen LogP contribution in [-0.4, -0.2) is 30.9 Å². The van der Waals surface area contributed by atoms with Gasteiger partial charge in [0.05, 0.1) is 0 Å². The van der Waals surface area contributed by atoms with Crippen molar-refractivity contribution in [2.45, 2.75) is 26.2 Å². The fourth-order valence-corrected chi connectivity index (χ4v) is 1.68. The first-order chi connectivity index (χ1) is 6.33. The number of rotatable bonds is 6. The van der Waals surface area contributed by atoms with Crippen molar-refractivity contribution in [3.8, 4) is 0 Å². The predicted molar refractivity (Wildman–Crippen MR) is 56.9 cm³/mol. The summed E-state index contributed by atoms with van der Waals surface area (Å²) in [5.41, 5.74) is 0. The van der Waals surface area contributed by atoms with E-state index in [1.165, 1.54) is 5.01 Å². The minimum Gasteiger partial charge on any atom is -0.364 e. The molecule has 0 spiro atoms. The standard InChI is InChI=1S/C9H14BN2S.Y/c1-2-12(10)7-4-3-5-9-11-6-8-13-9;/h6H,2-5,7H2,1H3;/q-1;. The van der Waals surface area contributed by atoms with Gasteiger partial charge in [0.2, 0.25) is 0 Å². The summed E-state index contributed by atoms with van der Waals surface area (Å²) in [7, 11) is 5.65. The third-order valence-corrected chi connectivity index (χ3v) is 2.70. The second kappa shape index (κ2) is 9.02. The van der Waals surface area contributed by atoms with E-state index in [0.29, 0.717) is 0 Å². The maximum atomic E-state index is 5.65. The maximum absolute atomic E-state index is 5.65. The van der Waals surface area contributed by atoms with Gasteiger partial charge in [0.25, 0.3) is 0 Å². The van der Waals surface area contributed by atoms with Crippen molar-refractivity contribution in [1.82, 2.24) is 9.79 Å². The molecular formula is C9H14BN2SY-. The minimum absolute atomic E-state index is 0. The van der Waals surface area contributed by atoms with E-state index < -0.39 is 0 Å². The van der Waals surface area contributed by atoms with Crippen molar-refractivity contribution < 1.29 is 32.7 Å². The Morgan fingerprint density at radius 3 is 2.93 bits per heavy atom. The molecule has 0 aliphatic carbocycles. The van der Waals surface area contributed by atoms with Crippen molar-refractivity contribution in [3.05, 3.63) is 16.6 Å². The summed E-state index contributed by atoms with van der Waals surface area (Å²) >= 11 is 1.61. The van der Waals surface area contributed by atoms with E-state index >= 15 is 0 Å². The largest absolute Gasteiger partial charge is 0.364 e. The summed E-state index contributed by atoms with van der Waals surface area (Å²) in [6, 6.07) is 0. The Morgan fingerprint density at radius 1 is 1.57 bits per heavy atom. The number of nitrogens with zero attached hydrogens (tertiary/aromatic N) is 2. The van der Waals surface area contributed by atoms with Gasteiger partial charge in [0.15, 0.2) is 7.98 Å². The second-order valence-electron chi connectivity index (χ2n) is 2.96. The zero-order valence-corrected chi connectivity index (χ0v) is 12.2. The first-order valence-corrected chi connectivity index (χ1v) is 5.45. The van der Waals surface area contributed by atoms with Crippen molar-refractivity contribution >= 4 is 19.3 Å². The van der Waals surface area contributed by atoms with Crippen molar-refractivity contribution in [2.24, 2.45) is 0 Å². The van der Waals surface area contributed by atoms with Crippen LogP contribution in [0.1, 0.15) is 24.8 Å². The first-order valence-electron chi connectivity index (χ1n) is 4.63. The Hall–Kier alpha value is 0.759. The van der Waals surface area contributed by atoms with Gasteiger partial charge in [-0.2, -0.15) is 5.38 Å². The monoisotopic (exact) mass is 282 g/mol. The smallest absolute Gasteiger partial charge is 0.182 e. The van der Waals surface area contributed by atoms with Gasteiger partial charge in [-0.3, -0.25) is 0 Å². The van der Waals surface area contributed by atoms with E-state index in [-0.39, 0.29) is 32.7 Å². The van der Waals surface area contributed by atoms with E-state index in [2.05, 4.69) is 17.3 Å². The van der Waals surface area contributed by atoms with Crippen molar-refractivity contribution in [2.75, 3.05) is 13.1 Å². The van der Waals surface area contributed by atoms with Crippen LogP contribution >= 0.6 is 11.3 Å². The molecule has 1 aromatic heterocycles. The number of thiazole rings is 1. The molecule has 0 unspecified atom stereocenters. The van der Waals surface area contributed by atoms with Crippen LogP contribution in [0.2, 0.25) is 0 Å². The zero-order chi connectivity index (χ0) is 9.52. The Labute approximate surface area is 117 Å². The van der Waals surface area contributed by atoms with Crippen LogP contribution in [0.15, 0.2) is 6.20 Å². The average molecular weight is 282 g/mol. The van der Waals surface area contributed by atoms with E-state index in [9.17, 15) is 0 Å². The number of unbranched alkanes of at least 4 members (excludes halogenated alkanes) is 1. The third-order valence-electron chi connectivity index (χ3n) is 1.93. The molecule has 0 saturated carbocycles. The number of hydrogen-bond donors (Lipinski definition) is 0. The molecule has 0 amide bonds. The van der Waals surface area contributed by atoms with Gasteiger partial charge in [0, 0.05) is 32.7 Å². The van der Waals surface area contributed by atoms with Crippen LogP contribution in [0.5, 0.6) is 0 Å². The van der Waals surface area contributed by atoms with E-state index in [1.54, 1.807) is 17.5 Å². The Balaban J connectivity index is 0.00000169. The van der Waals surface area contributed by atoms with Crippen LogP contribution < -0.4 is 0 Å². The average Bonchev–Trinajstić information content (AvgIpc) is 2.64. The normalized spacial score (nSPS) is 10.1. The third kappa shape index (κ3) is 6.28. The molecule has 73 valence electrons. The Bertz CT molecular complexity index is 219. The molecule has 1 aromatic rings. The SMILES string of the molecule is [B]N(CC)CCCCc1nc[c-]s1.[Y]. The van der Waals surface area contributed by atoms with Gasteiger partial charge in [-0.05, 0) is 19.5 Å². The zero-order valence-electron chi connectivity index (χ0n) is 8.57. The molecule has 0 fully saturated rings. The fourth-order valence-electron chi connectivity index (χ4n) is 1.08. The van der Waals surface area contributed by atoms with Crippen molar-refractivity contribution in [3.63, 3.8) is 0 Å². The first kappa shape index (κ1) is 14.8. The summed E-state index contributed by atoms with van der Waals surface area (Å²) in [6.07, 6.45) is 5.10. The summed E-state index contributed by atoms with van der Waals surface area (Å²) in [6.45, 7) is 3.96. The van der Waals surface area contributed by atoms with Crippen LogP contribution in [0.25, 0.3) is 0 Å². The van der Waals surface area contributed by atoms with Crippen LogP contribution in [-0.2, 0) is 39.1 Å². The molecule has 0 saturated heterocycles. The molecular weight excluding hydrogens is 268 g/mol. The molecule has 0 atom stereocenters. The number of hydrogen-bond acceptors (Lipinski definition) is 3. The summed E-state index contributed by atoms with van der Waals surface area (Å²) in [4.78, 5) is 6.01. The molecule has 0 aromatic carbocycles. The molecule has 0 N–H and O–H groups in total. The summed E-state index contributed by atoms with van der Waals surface area (Å²) in [5.74, 6) is 0. The van der Waals surface area contributed by atoms with Gasteiger partial charge in [-0.15, -0.1) is 0 Å². The quantitative estimate of drug-likeness (QED) is 0.448. The number of aromatic nitrogens is 1. The number of aryl methyl sites for hydroxylation is 1. The molecule has 14 heavy (non-hydrogen) atoms. The van der Waals surface area contributed by atoms with Crippen LogP contribution in [0.3, 0.4) is 0 Å². The molecule has 5 heteroatoms. The molecule has 3 radical (unpaired) electrons. The van der Waals surface area contributed by atoms with Crippen molar-refractivity contribution in [1.29, 1.82) is 0 Å². The molecule has 0 bridgehead atoms. The molecule has 1 heterocycles. The van der Waals surface area contributed by atoms with Crippen LogP contribution in [0, 0.1) is 5.38 Å². The summed E-state index contributed by atoms with van der Waals surface area (Å²) in [5, 5.41) is 4.17. The molecule has 0 aliphatic heterocycles. The second-order valence-corrected chi connectivity index (χ2v) is 3.87. The van der Waals surface area contributed by atoms with Gasteiger partial charge in [-0.1, -0.05) is 31.0 Å². The van der Waals surface area contributed by atoms with E-state index in [0.717, 1.165) is 32.4 Å². The maximum Gasteiger partial charge on any atom is 0.182 e. The van der Waals surface area contributed by atoms with E-state index in [1.807, 2.05) is 4.81 Å². The topological polar surface area (TPSA) is 16.1 Å². The molecule has 2 nitrogen and oxygen atoms in total. The van der Waals surface area contributed by atoms with Gasteiger partial charge in [-0.25, -0.2) is 0 Å².